The summed E-state index contributed by atoms with van der Waals surface area (Å²) in [5, 5.41) is 5.06. The Kier molecular flexibility index (Phi) is 7.89. The van der Waals surface area contributed by atoms with Gasteiger partial charge in [0.25, 0.3) is 5.91 Å². The highest BCUT2D eigenvalue weighted by Crippen LogP contribution is 2.28. The van der Waals surface area contributed by atoms with Crippen LogP contribution in [0.1, 0.15) is 17.0 Å². The Labute approximate surface area is 211 Å². The molecule has 0 aliphatic rings. The van der Waals surface area contributed by atoms with Gasteiger partial charge >= 0.3 is 0 Å². The summed E-state index contributed by atoms with van der Waals surface area (Å²) in [4.78, 5) is 12.4. The van der Waals surface area contributed by atoms with Gasteiger partial charge in [-0.1, -0.05) is 45.2 Å². The first-order valence-electron chi connectivity index (χ1n) is 9.67. The Morgan fingerprint density at radius 2 is 1.91 bits per heavy atom. The van der Waals surface area contributed by atoms with Crippen LogP contribution in [-0.2, 0) is 14.8 Å². The van der Waals surface area contributed by atoms with Crippen LogP contribution in [0.4, 0.5) is 5.69 Å². The van der Waals surface area contributed by atoms with Crippen molar-refractivity contribution in [2.45, 2.75) is 13.8 Å². The minimum Gasteiger partial charge on any atom is -0.316 e. The van der Waals surface area contributed by atoms with E-state index in [0.29, 0.717) is 20.2 Å². The maximum Gasteiger partial charge on any atom is 0.260 e. The summed E-state index contributed by atoms with van der Waals surface area (Å²) in [5.74, 6) is -0.578. The first-order valence-corrected chi connectivity index (χ1v) is 13.1. The van der Waals surface area contributed by atoms with Crippen molar-refractivity contribution >= 4 is 67.0 Å². The van der Waals surface area contributed by atoms with Gasteiger partial charge in [-0.25, -0.2) is 13.8 Å². The van der Waals surface area contributed by atoms with E-state index in [1.54, 1.807) is 36.4 Å². The van der Waals surface area contributed by atoms with E-state index >= 15 is 0 Å². The summed E-state index contributed by atoms with van der Waals surface area (Å²) < 4.78 is 28.1. The van der Waals surface area contributed by atoms with Crippen molar-refractivity contribution in [3.05, 3.63) is 80.0 Å². The molecule has 0 aliphatic heterocycles. The largest absolute Gasteiger partial charge is 0.316 e. The quantitative estimate of drug-likeness (QED) is 0.317. The molecule has 0 bridgehead atoms. The molecular formula is C22H21BrCl2N4O3S. The minimum atomic E-state index is -3.68. The normalized spacial score (nSPS) is 11.7. The molecule has 7 nitrogen and oxygen atoms in total. The minimum absolute atomic E-state index is 0.370. The van der Waals surface area contributed by atoms with Crippen LogP contribution >= 0.6 is 39.1 Å². The second-order valence-corrected chi connectivity index (χ2v) is 11.0. The van der Waals surface area contributed by atoms with Crippen molar-refractivity contribution in [3.63, 3.8) is 0 Å². The van der Waals surface area contributed by atoms with Gasteiger partial charge in [0.15, 0.2) is 0 Å². The molecule has 1 amide bonds. The zero-order valence-electron chi connectivity index (χ0n) is 18.0. The van der Waals surface area contributed by atoms with Crippen molar-refractivity contribution in [2.75, 3.05) is 17.1 Å². The predicted molar refractivity (Wildman–Crippen MR) is 137 cm³/mol. The van der Waals surface area contributed by atoms with Gasteiger partial charge in [0.2, 0.25) is 10.0 Å². The van der Waals surface area contributed by atoms with Gasteiger partial charge in [0.1, 0.15) is 6.54 Å². The average molecular weight is 572 g/mol. The Bertz CT molecular complexity index is 1340. The molecule has 3 aromatic rings. The summed E-state index contributed by atoms with van der Waals surface area (Å²) in [6, 6.07) is 13.8. The number of nitrogens with zero attached hydrogens (tertiary/aromatic N) is 3. The van der Waals surface area contributed by atoms with Crippen molar-refractivity contribution in [2.24, 2.45) is 5.10 Å². The van der Waals surface area contributed by atoms with Crippen LogP contribution in [0.15, 0.2) is 58.1 Å². The van der Waals surface area contributed by atoms with Crippen LogP contribution in [0.3, 0.4) is 0 Å². The molecule has 174 valence electrons. The molecule has 0 unspecified atom stereocenters. The molecule has 1 aromatic heterocycles. The predicted octanol–water partition coefficient (Wildman–Crippen LogP) is 5.08. The van der Waals surface area contributed by atoms with Gasteiger partial charge in [0.05, 0.1) is 28.9 Å². The number of aromatic nitrogens is 1. The van der Waals surface area contributed by atoms with Crippen LogP contribution in [-0.4, -0.2) is 37.9 Å². The Balaban J connectivity index is 1.76. The number of aryl methyl sites for hydroxylation is 1. The Hall–Kier alpha value is -2.33. The van der Waals surface area contributed by atoms with E-state index in [1.165, 1.54) is 6.21 Å². The molecule has 1 N–H and O–H groups in total. The molecule has 2 aromatic carbocycles. The fourth-order valence-corrected chi connectivity index (χ4v) is 5.05. The van der Waals surface area contributed by atoms with Gasteiger partial charge < -0.3 is 4.57 Å². The zero-order valence-corrected chi connectivity index (χ0v) is 21.9. The molecule has 0 radical (unpaired) electrons. The van der Waals surface area contributed by atoms with E-state index in [1.807, 2.05) is 30.5 Å². The monoisotopic (exact) mass is 570 g/mol. The van der Waals surface area contributed by atoms with E-state index in [2.05, 4.69) is 26.5 Å². The highest BCUT2D eigenvalue weighted by Gasteiger charge is 2.21. The third-order valence-electron chi connectivity index (χ3n) is 4.80. The Morgan fingerprint density at radius 3 is 2.55 bits per heavy atom. The lowest BCUT2D eigenvalue weighted by Gasteiger charge is -2.21. The average Bonchev–Trinajstić information content (AvgIpc) is 2.99. The molecule has 33 heavy (non-hydrogen) atoms. The van der Waals surface area contributed by atoms with Crippen LogP contribution < -0.4 is 9.73 Å². The lowest BCUT2D eigenvalue weighted by Crippen LogP contribution is -2.39. The lowest BCUT2D eigenvalue weighted by atomic mass is 10.2. The molecular weight excluding hydrogens is 551 g/mol. The van der Waals surface area contributed by atoms with Gasteiger partial charge in [-0.15, -0.1) is 0 Å². The topological polar surface area (TPSA) is 83.8 Å². The number of carbonyl (C=O) groups excluding carboxylic acids is 1. The number of nitrogens with one attached hydrogen (secondary N) is 1. The Morgan fingerprint density at radius 1 is 1.18 bits per heavy atom. The maximum absolute atomic E-state index is 12.4. The van der Waals surface area contributed by atoms with Crippen LogP contribution in [0.2, 0.25) is 10.0 Å². The molecule has 0 saturated carbocycles. The van der Waals surface area contributed by atoms with E-state index < -0.39 is 22.5 Å². The number of rotatable bonds is 7. The molecule has 0 fully saturated rings. The lowest BCUT2D eigenvalue weighted by molar-refractivity contribution is -0.119. The third-order valence-corrected chi connectivity index (χ3v) is 6.97. The number of halogens is 3. The fraction of sp³-hybridized carbons (Fsp3) is 0.182. The van der Waals surface area contributed by atoms with E-state index in [-0.39, 0.29) is 0 Å². The summed E-state index contributed by atoms with van der Waals surface area (Å²) >= 11 is 15.7. The molecule has 0 spiro atoms. The molecule has 0 aliphatic carbocycles. The van der Waals surface area contributed by atoms with Crippen LogP contribution in [0.5, 0.6) is 0 Å². The smallest absolute Gasteiger partial charge is 0.260 e. The first kappa shape index (κ1) is 25.3. The molecule has 0 atom stereocenters. The molecule has 3 rings (SSSR count). The first-order chi connectivity index (χ1) is 15.5. The summed E-state index contributed by atoms with van der Waals surface area (Å²) in [5.41, 5.74) is 6.09. The molecule has 1 heterocycles. The number of sulfonamides is 1. The second kappa shape index (κ2) is 10.3. The third kappa shape index (κ3) is 6.17. The van der Waals surface area contributed by atoms with Crippen molar-refractivity contribution in [1.82, 2.24) is 9.99 Å². The summed E-state index contributed by atoms with van der Waals surface area (Å²) in [6.07, 6.45) is 2.55. The maximum atomic E-state index is 12.4. The van der Waals surface area contributed by atoms with E-state index in [9.17, 15) is 13.2 Å². The second-order valence-electron chi connectivity index (χ2n) is 7.30. The van der Waals surface area contributed by atoms with Crippen molar-refractivity contribution < 1.29 is 13.2 Å². The van der Waals surface area contributed by atoms with Crippen molar-refractivity contribution in [3.8, 4) is 5.69 Å². The summed E-state index contributed by atoms with van der Waals surface area (Å²) in [7, 11) is -3.68. The standard InChI is InChI=1S/C22H21BrCl2N4O3S/c1-14-9-16(15(2)29(14)21-8-7-18(24)11-20(21)25)12-26-27-22(30)13-28(33(3,31)32)19-6-4-5-17(23)10-19/h4-12H,13H2,1-3H3,(H,27,30)/b26-12+. The number of hydrogen-bond acceptors (Lipinski definition) is 4. The van der Waals surface area contributed by atoms with Crippen LogP contribution in [0.25, 0.3) is 5.69 Å². The number of hydrazone groups is 1. The number of carbonyl (C=O) groups is 1. The number of amides is 1. The van der Waals surface area contributed by atoms with Crippen molar-refractivity contribution in [1.29, 1.82) is 0 Å². The zero-order chi connectivity index (χ0) is 24.3. The number of benzene rings is 2. The van der Waals surface area contributed by atoms with Gasteiger partial charge in [-0.05, 0) is 56.3 Å². The highest BCUT2D eigenvalue weighted by molar-refractivity contribution is 9.10. The van der Waals surface area contributed by atoms with Gasteiger partial charge in [-0.2, -0.15) is 5.10 Å². The van der Waals surface area contributed by atoms with Gasteiger partial charge in [-0.3, -0.25) is 9.10 Å². The van der Waals surface area contributed by atoms with Gasteiger partial charge in [0, 0.05) is 26.4 Å². The van der Waals surface area contributed by atoms with Crippen LogP contribution in [0, 0.1) is 13.8 Å². The molecule has 11 heteroatoms. The summed E-state index contributed by atoms with van der Waals surface area (Å²) in [6.45, 7) is 3.42. The number of anilines is 1. The van der Waals surface area contributed by atoms with E-state index in [0.717, 1.165) is 33.2 Å². The SMILES string of the molecule is Cc1cc(/C=N/NC(=O)CN(c2cccc(Br)c2)S(C)(=O)=O)c(C)n1-c1ccc(Cl)cc1Cl. The highest BCUT2D eigenvalue weighted by atomic mass is 79.9. The van der Waals surface area contributed by atoms with E-state index in [4.69, 9.17) is 23.2 Å². The fourth-order valence-electron chi connectivity index (χ4n) is 3.32. The molecule has 0 saturated heterocycles. The number of hydrogen-bond donors (Lipinski definition) is 1.